The smallest absolute Gasteiger partial charge is 0.338 e. The predicted octanol–water partition coefficient (Wildman–Crippen LogP) is 11.5. The van der Waals surface area contributed by atoms with Crippen LogP contribution < -0.4 is 0 Å². The van der Waals surface area contributed by atoms with E-state index in [2.05, 4.69) is 6.92 Å². The summed E-state index contributed by atoms with van der Waals surface area (Å²) in [7, 11) is 0. The molecule has 0 amide bonds. The van der Waals surface area contributed by atoms with Crippen LogP contribution >= 0.6 is 0 Å². The molecular formula is C36H64O5. The van der Waals surface area contributed by atoms with Crippen LogP contribution in [0, 0.1) is 0 Å². The number of unbranched alkanes of at least 4 members (excludes halogenated alkanes) is 26. The molecule has 238 valence electrons. The Kier molecular flexibility index (Phi) is 24.4. The van der Waals surface area contributed by atoms with Crippen LogP contribution in [0.2, 0.25) is 0 Å². The molecule has 1 aromatic rings. The van der Waals surface area contributed by atoms with Crippen molar-refractivity contribution in [2.45, 2.75) is 180 Å². The van der Waals surface area contributed by atoms with Crippen LogP contribution in [0.1, 0.15) is 191 Å². The van der Waals surface area contributed by atoms with Gasteiger partial charge in [-0.15, -0.1) is 0 Å². The highest BCUT2D eigenvalue weighted by atomic mass is 16.5. The molecular weight excluding hydrogens is 512 g/mol. The fourth-order valence-electron chi connectivity index (χ4n) is 5.56. The van der Waals surface area contributed by atoms with Gasteiger partial charge in [0.15, 0.2) is 17.2 Å². The molecule has 0 atom stereocenters. The molecule has 0 fully saturated rings. The first-order chi connectivity index (χ1) is 20.1. The number of hydrogen-bond acceptors (Lipinski definition) is 5. The van der Waals surface area contributed by atoms with Crippen molar-refractivity contribution in [1.82, 2.24) is 0 Å². The minimum Gasteiger partial charge on any atom is -0.504 e. The first kappa shape index (κ1) is 37.1. The molecule has 0 radical (unpaired) electrons. The van der Waals surface area contributed by atoms with Crippen molar-refractivity contribution in [3.05, 3.63) is 17.7 Å². The van der Waals surface area contributed by atoms with E-state index in [9.17, 15) is 20.1 Å². The van der Waals surface area contributed by atoms with E-state index in [1.165, 1.54) is 154 Å². The lowest BCUT2D eigenvalue weighted by Crippen LogP contribution is -2.06. The minimum atomic E-state index is -0.632. The zero-order valence-corrected chi connectivity index (χ0v) is 26.6. The summed E-state index contributed by atoms with van der Waals surface area (Å²) in [5, 5.41) is 28.3. The number of carbonyl (C=O) groups excluding carboxylic acids is 1. The second kappa shape index (κ2) is 27.0. The van der Waals surface area contributed by atoms with Crippen LogP contribution in [0.25, 0.3) is 0 Å². The lowest BCUT2D eigenvalue weighted by Gasteiger charge is -2.07. The van der Waals surface area contributed by atoms with E-state index in [1.807, 2.05) is 0 Å². The Morgan fingerprint density at radius 2 is 0.756 bits per heavy atom. The number of ether oxygens (including phenoxy) is 1. The Labute approximate surface area is 252 Å². The minimum absolute atomic E-state index is 0.0304. The number of phenolic OH excluding ortho intramolecular Hbond substituents is 3. The average Bonchev–Trinajstić information content (AvgIpc) is 2.96. The molecule has 0 heterocycles. The van der Waals surface area contributed by atoms with Gasteiger partial charge in [0, 0.05) is 0 Å². The van der Waals surface area contributed by atoms with Gasteiger partial charge in [-0.25, -0.2) is 4.79 Å². The SMILES string of the molecule is CCCCCCCCCCCCCCCCCCCCCCCCCCCCCOC(=O)c1cc(O)c(O)c(O)c1. The third-order valence-electron chi connectivity index (χ3n) is 8.29. The molecule has 1 rings (SSSR count). The molecule has 0 aliphatic carbocycles. The summed E-state index contributed by atoms with van der Waals surface area (Å²) in [6.45, 7) is 2.61. The van der Waals surface area contributed by atoms with Crippen molar-refractivity contribution >= 4 is 5.97 Å². The fourth-order valence-corrected chi connectivity index (χ4v) is 5.56. The molecule has 5 nitrogen and oxygen atoms in total. The predicted molar refractivity (Wildman–Crippen MR) is 172 cm³/mol. The van der Waals surface area contributed by atoms with Gasteiger partial charge < -0.3 is 20.1 Å². The number of aromatic hydroxyl groups is 3. The highest BCUT2D eigenvalue weighted by molar-refractivity contribution is 5.91. The molecule has 0 saturated carbocycles. The first-order valence-electron chi connectivity index (χ1n) is 17.5. The first-order valence-corrected chi connectivity index (χ1v) is 17.5. The maximum absolute atomic E-state index is 12.0. The molecule has 3 N–H and O–H groups in total. The van der Waals surface area contributed by atoms with Crippen molar-refractivity contribution < 1.29 is 24.9 Å². The summed E-state index contributed by atoms with van der Waals surface area (Å²) in [5.41, 5.74) is 0.0304. The summed E-state index contributed by atoms with van der Waals surface area (Å²) in [6, 6.07) is 2.19. The van der Waals surface area contributed by atoms with E-state index in [-0.39, 0.29) is 5.56 Å². The molecule has 0 unspecified atom stereocenters. The highest BCUT2D eigenvalue weighted by Crippen LogP contribution is 2.35. The summed E-state index contributed by atoms with van der Waals surface area (Å²) in [5.74, 6) is -2.31. The molecule has 0 aliphatic heterocycles. The molecule has 0 aliphatic rings. The Hall–Kier alpha value is -1.91. The van der Waals surface area contributed by atoms with Gasteiger partial charge >= 0.3 is 5.97 Å². The molecule has 1 aromatic carbocycles. The fraction of sp³-hybridized carbons (Fsp3) is 0.806. The monoisotopic (exact) mass is 576 g/mol. The van der Waals surface area contributed by atoms with Crippen LogP contribution in [0.5, 0.6) is 17.2 Å². The van der Waals surface area contributed by atoms with E-state index >= 15 is 0 Å². The molecule has 0 spiro atoms. The largest absolute Gasteiger partial charge is 0.504 e. The molecule has 0 aromatic heterocycles. The summed E-state index contributed by atoms with van der Waals surface area (Å²) >= 11 is 0. The Bertz CT molecular complexity index is 724. The van der Waals surface area contributed by atoms with Crippen LogP contribution in [-0.2, 0) is 4.74 Å². The van der Waals surface area contributed by atoms with Crippen molar-refractivity contribution in [2.24, 2.45) is 0 Å². The Morgan fingerprint density at radius 1 is 0.488 bits per heavy atom. The van der Waals surface area contributed by atoms with Gasteiger partial charge in [0.2, 0.25) is 0 Å². The summed E-state index contributed by atoms with van der Waals surface area (Å²) in [6.07, 6.45) is 36.8. The number of esters is 1. The van der Waals surface area contributed by atoms with Crippen LogP contribution in [0.15, 0.2) is 12.1 Å². The molecule has 5 heteroatoms. The van der Waals surface area contributed by atoms with Gasteiger partial charge in [-0.3, -0.25) is 0 Å². The van der Waals surface area contributed by atoms with E-state index in [0.717, 1.165) is 31.4 Å². The average molecular weight is 577 g/mol. The lowest BCUT2D eigenvalue weighted by atomic mass is 10.0. The standard InChI is InChI=1S/C36H64O5/c1-2-3-4-5-6-7-8-9-10-11-12-13-14-15-16-17-18-19-20-21-22-23-24-25-26-27-28-29-41-36(40)32-30-33(37)35(39)34(38)31-32/h30-31,37-39H,2-29H2,1H3. The summed E-state index contributed by atoms with van der Waals surface area (Å²) < 4.78 is 5.19. The quantitative estimate of drug-likeness (QED) is 0.0501. The lowest BCUT2D eigenvalue weighted by molar-refractivity contribution is 0.0496. The zero-order valence-electron chi connectivity index (χ0n) is 26.6. The maximum atomic E-state index is 12.0. The molecule has 41 heavy (non-hydrogen) atoms. The van der Waals surface area contributed by atoms with Gasteiger partial charge in [-0.2, -0.15) is 0 Å². The second-order valence-electron chi connectivity index (χ2n) is 12.2. The van der Waals surface area contributed by atoms with Crippen molar-refractivity contribution in [1.29, 1.82) is 0 Å². The topological polar surface area (TPSA) is 87.0 Å². The van der Waals surface area contributed by atoms with Gasteiger partial charge in [0.05, 0.1) is 12.2 Å². The van der Waals surface area contributed by atoms with Crippen molar-refractivity contribution in [3.8, 4) is 17.2 Å². The third kappa shape index (κ3) is 21.5. The van der Waals surface area contributed by atoms with E-state index in [0.29, 0.717) is 6.61 Å². The number of benzene rings is 1. The number of carbonyl (C=O) groups is 1. The normalized spacial score (nSPS) is 11.2. The summed E-state index contributed by atoms with van der Waals surface area (Å²) in [4.78, 5) is 12.0. The van der Waals surface area contributed by atoms with Gasteiger partial charge in [0.25, 0.3) is 0 Å². The third-order valence-corrected chi connectivity index (χ3v) is 8.29. The highest BCUT2D eigenvalue weighted by Gasteiger charge is 2.14. The maximum Gasteiger partial charge on any atom is 0.338 e. The van der Waals surface area contributed by atoms with Gasteiger partial charge in [-0.05, 0) is 18.6 Å². The molecule has 0 bridgehead atoms. The number of hydrogen-bond donors (Lipinski definition) is 3. The van der Waals surface area contributed by atoms with Crippen LogP contribution in [0.4, 0.5) is 0 Å². The second-order valence-corrected chi connectivity index (χ2v) is 12.2. The van der Waals surface area contributed by atoms with E-state index in [4.69, 9.17) is 4.74 Å². The Balaban J connectivity index is 1.73. The zero-order chi connectivity index (χ0) is 29.8. The van der Waals surface area contributed by atoms with Gasteiger partial charge in [0.1, 0.15) is 0 Å². The van der Waals surface area contributed by atoms with Gasteiger partial charge in [-0.1, -0.05) is 174 Å². The molecule has 0 saturated heterocycles. The van der Waals surface area contributed by atoms with Crippen molar-refractivity contribution in [3.63, 3.8) is 0 Å². The number of rotatable bonds is 29. The van der Waals surface area contributed by atoms with E-state index < -0.39 is 23.2 Å². The van der Waals surface area contributed by atoms with Crippen LogP contribution in [0.3, 0.4) is 0 Å². The van der Waals surface area contributed by atoms with E-state index in [1.54, 1.807) is 0 Å². The number of phenols is 3. The Morgan fingerprint density at radius 3 is 1.05 bits per heavy atom. The van der Waals surface area contributed by atoms with Crippen molar-refractivity contribution in [2.75, 3.05) is 6.61 Å². The van der Waals surface area contributed by atoms with Crippen LogP contribution in [-0.4, -0.2) is 27.9 Å².